The molecule has 1 aliphatic rings. The zero-order valence-corrected chi connectivity index (χ0v) is 16.3. The number of pyridine rings is 2. The van der Waals surface area contributed by atoms with Crippen LogP contribution in [0.15, 0.2) is 53.2 Å². The van der Waals surface area contributed by atoms with Crippen molar-refractivity contribution in [2.24, 2.45) is 10.3 Å². The number of fused-ring (bicyclic) bond motifs is 1. The minimum Gasteiger partial charge on any atom is -0.381 e. The van der Waals surface area contributed by atoms with Gasteiger partial charge in [0, 0.05) is 39.2 Å². The van der Waals surface area contributed by atoms with E-state index in [9.17, 15) is 4.21 Å². The second-order valence-electron chi connectivity index (χ2n) is 6.68. The Morgan fingerprint density at radius 3 is 2.81 bits per heavy atom. The predicted molar refractivity (Wildman–Crippen MR) is 110 cm³/mol. The van der Waals surface area contributed by atoms with Crippen molar-refractivity contribution in [3.8, 4) is 0 Å². The summed E-state index contributed by atoms with van der Waals surface area (Å²) in [5.41, 5.74) is 1.51. The molecule has 1 saturated heterocycles. The lowest BCUT2D eigenvalue weighted by molar-refractivity contribution is -0.0201. The Bertz CT molecular complexity index is 1090. The van der Waals surface area contributed by atoms with E-state index in [-0.39, 0.29) is 0 Å². The summed E-state index contributed by atoms with van der Waals surface area (Å²) in [5.74, 6) is 1.63. The number of benzene rings is 1. The Kier molecular flexibility index (Phi) is 4.99. The Morgan fingerprint density at radius 1 is 1.26 bits per heavy atom. The van der Waals surface area contributed by atoms with Crippen molar-refractivity contribution in [2.75, 3.05) is 30.5 Å². The maximum absolute atomic E-state index is 12.8. The number of nitrogens with zero attached hydrogens (tertiary/aromatic N) is 3. The van der Waals surface area contributed by atoms with E-state index in [1.165, 1.54) is 0 Å². The van der Waals surface area contributed by atoms with Gasteiger partial charge in [0.05, 0.1) is 30.8 Å². The topological polar surface area (TPSA) is 76.5 Å². The quantitative estimate of drug-likeness (QED) is 0.640. The molecule has 1 fully saturated rings. The molecule has 1 aliphatic heterocycles. The molecule has 0 radical (unpaired) electrons. The smallest absolute Gasteiger partial charge is 0.138 e. The van der Waals surface area contributed by atoms with Gasteiger partial charge >= 0.3 is 0 Å². The molecular weight excluding hydrogens is 384 g/mol. The third-order valence-corrected chi connectivity index (χ3v) is 6.20. The molecule has 0 saturated carbocycles. The lowest BCUT2D eigenvalue weighted by Gasteiger charge is -2.26. The number of nitrogens with one attached hydrogen (secondary N) is 1. The van der Waals surface area contributed by atoms with Gasteiger partial charge in [-0.25, -0.2) is 14.2 Å². The fourth-order valence-corrected chi connectivity index (χ4v) is 4.80. The van der Waals surface area contributed by atoms with E-state index < -0.39 is 9.73 Å². The predicted octanol–water partition coefficient (Wildman–Crippen LogP) is 4.40. The fraction of sp³-hybridized carbons (Fsp3) is 0.263. The largest absolute Gasteiger partial charge is 0.381 e. The second kappa shape index (κ2) is 7.42. The van der Waals surface area contributed by atoms with Gasteiger partial charge in [-0.3, -0.25) is 0 Å². The molecule has 1 aromatic carbocycles. The highest BCUT2D eigenvalue weighted by Crippen LogP contribution is 2.28. The van der Waals surface area contributed by atoms with Crippen LogP contribution in [0, 0.1) is 5.92 Å². The van der Waals surface area contributed by atoms with E-state index >= 15 is 0 Å². The third kappa shape index (κ3) is 4.37. The van der Waals surface area contributed by atoms with Crippen LogP contribution in [-0.2, 0) is 14.5 Å². The molecule has 140 valence electrons. The molecule has 0 amide bonds. The lowest BCUT2D eigenvalue weighted by atomic mass is 10.1. The summed E-state index contributed by atoms with van der Waals surface area (Å²) in [5, 5.41) is 5.61. The van der Waals surface area contributed by atoms with Crippen LogP contribution < -0.4 is 5.32 Å². The van der Waals surface area contributed by atoms with Crippen LogP contribution in [0.2, 0.25) is 5.15 Å². The fourth-order valence-electron chi connectivity index (χ4n) is 2.99. The molecule has 1 unspecified atom stereocenters. The van der Waals surface area contributed by atoms with Crippen LogP contribution in [-0.4, -0.2) is 39.4 Å². The van der Waals surface area contributed by atoms with Gasteiger partial charge in [0.2, 0.25) is 0 Å². The van der Waals surface area contributed by atoms with Gasteiger partial charge in [-0.05, 0) is 41.8 Å². The highest BCUT2D eigenvalue weighted by atomic mass is 35.5. The summed E-state index contributed by atoms with van der Waals surface area (Å²) < 4.78 is 22.4. The summed E-state index contributed by atoms with van der Waals surface area (Å²) in [7, 11) is -2.28. The first-order valence-electron chi connectivity index (χ1n) is 8.53. The Balaban J connectivity index is 1.63. The number of aromatic nitrogens is 2. The van der Waals surface area contributed by atoms with E-state index in [4.69, 9.17) is 16.3 Å². The van der Waals surface area contributed by atoms with Gasteiger partial charge in [0.25, 0.3) is 0 Å². The Labute approximate surface area is 163 Å². The molecule has 0 spiro atoms. The molecule has 3 aromatic rings. The van der Waals surface area contributed by atoms with Crippen molar-refractivity contribution in [3.63, 3.8) is 0 Å². The first-order valence-corrected chi connectivity index (χ1v) is 11.0. The average molecular weight is 403 g/mol. The van der Waals surface area contributed by atoms with Crippen LogP contribution in [0.25, 0.3) is 10.8 Å². The second-order valence-corrected chi connectivity index (χ2v) is 9.50. The number of halogens is 1. The standard InChI is InChI=1S/C19H19ClN4O2S/c1-27(25,12-13-10-26-11-13)24-15-2-4-17-14(8-15)6-7-21-19(17)23-16-3-5-18(20)22-9-16/h2-9,13H,10-12H2,1H3,(H,21,23). The zero-order chi connectivity index (χ0) is 18.9. The molecule has 1 N–H and O–H groups in total. The molecule has 2 aromatic heterocycles. The van der Waals surface area contributed by atoms with Crippen molar-refractivity contribution >= 4 is 49.3 Å². The summed E-state index contributed by atoms with van der Waals surface area (Å²) in [6.45, 7) is 1.36. The van der Waals surface area contributed by atoms with Crippen molar-refractivity contribution in [2.45, 2.75) is 0 Å². The number of anilines is 2. The van der Waals surface area contributed by atoms with E-state index in [2.05, 4.69) is 19.6 Å². The molecule has 27 heavy (non-hydrogen) atoms. The van der Waals surface area contributed by atoms with E-state index in [0.29, 0.717) is 41.5 Å². The number of hydrogen-bond donors (Lipinski definition) is 1. The number of ether oxygens (including phenoxy) is 1. The summed E-state index contributed by atoms with van der Waals surface area (Å²) in [6, 6.07) is 11.2. The van der Waals surface area contributed by atoms with Crippen LogP contribution >= 0.6 is 11.6 Å². The minimum absolute atomic E-state index is 0.347. The van der Waals surface area contributed by atoms with E-state index in [1.54, 1.807) is 24.7 Å². The average Bonchev–Trinajstić information content (AvgIpc) is 2.60. The Hall–Kier alpha value is -2.22. The maximum Gasteiger partial charge on any atom is 0.138 e. The van der Waals surface area contributed by atoms with E-state index in [0.717, 1.165) is 16.5 Å². The van der Waals surface area contributed by atoms with Gasteiger partial charge in [0.1, 0.15) is 11.0 Å². The SMILES string of the molecule is CS(=O)(CC1COC1)=Nc1ccc2c(Nc3ccc(Cl)nc3)nccc2c1. The van der Waals surface area contributed by atoms with Gasteiger partial charge < -0.3 is 10.1 Å². The molecule has 0 bridgehead atoms. The Morgan fingerprint density at radius 2 is 2.11 bits per heavy atom. The normalized spacial score (nSPS) is 16.5. The van der Waals surface area contributed by atoms with Gasteiger partial charge in [-0.1, -0.05) is 11.6 Å². The summed E-state index contributed by atoms with van der Waals surface area (Å²) in [6.07, 6.45) is 5.10. The summed E-state index contributed by atoms with van der Waals surface area (Å²) >= 11 is 5.83. The van der Waals surface area contributed by atoms with Crippen LogP contribution in [0.3, 0.4) is 0 Å². The minimum atomic E-state index is -2.28. The highest BCUT2D eigenvalue weighted by Gasteiger charge is 2.22. The van der Waals surface area contributed by atoms with Crippen LogP contribution in [0.5, 0.6) is 0 Å². The first kappa shape index (κ1) is 18.2. The monoisotopic (exact) mass is 402 g/mol. The zero-order valence-electron chi connectivity index (χ0n) is 14.8. The molecule has 1 atom stereocenters. The van der Waals surface area contributed by atoms with E-state index in [1.807, 2.05) is 30.3 Å². The highest BCUT2D eigenvalue weighted by molar-refractivity contribution is 7.93. The lowest BCUT2D eigenvalue weighted by Crippen LogP contribution is -2.33. The number of hydrogen-bond acceptors (Lipinski definition) is 6. The molecule has 8 heteroatoms. The maximum atomic E-state index is 12.8. The molecule has 4 rings (SSSR count). The first-order chi connectivity index (χ1) is 13.0. The van der Waals surface area contributed by atoms with Crippen molar-refractivity contribution in [1.82, 2.24) is 9.97 Å². The molecular formula is C19H19ClN4O2S. The third-order valence-electron chi connectivity index (χ3n) is 4.29. The van der Waals surface area contributed by atoms with Gasteiger partial charge in [-0.2, -0.15) is 4.36 Å². The number of rotatable bonds is 5. The van der Waals surface area contributed by atoms with Crippen LogP contribution in [0.4, 0.5) is 17.2 Å². The van der Waals surface area contributed by atoms with Crippen molar-refractivity contribution in [1.29, 1.82) is 0 Å². The summed E-state index contributed by atoms with van der Waals surface area (Å²) in [4.78, 5) is 8.48. The van der Waals surface area contributed by atoms with Crippen molar-refractivity contribution < 1.29 is 8.95 Å². The molecule has 6 nitrogen and oxygen atoms in total. The molecule has 0 aliphatic carbocycles. The van der Waals surface area contributed by atoms with Crippen molar-refractivity contribution in [3.05, 3.63) is 53.9 Å². The molecule has 3 heterocycles. The van der Waals surface area contributed by atoms with Crippen LogP contribution in [0.1, 0.15) is 0 Å². The van der Waals surface area contributed by atoms with Gasteiger partial charge in [0.15, 0.2) is 0 Å². The van der Waals surface area contributed by atoms with Gasteiger partial charge in [-0.15, -0.1) is 0 Å².